The zero-order valence-corrected chi connectivity index (χ0v) is 14.7. The number of piperidine rings is 1. The molecular weight excluding hydrogens is 302 g/mol. The Balaban J connectivity index is 1.70. The molecule has 0 aromatic heterocycles. The minimum absolute atomic E-state index is 0.146. The second-order valence-corrected chi connectivity index (χ2v) is 7.03. The fourth-order valence-corrected chi connectivity index (χ4v) is 4.15. The van der Waals surface area contributed by atoms with Gasteiger partial charge in [-0.15, -0.1) is 0 Å². The van der Waals surface area contributed by atoms with Crippen molar-refractivity contribution in [3.05, 3.63) is 35.4 Å². The van der Waals surface area contributed by atoms with Crippen molar-refractivity contribution in [2.45, 2.75) is 58.0 Å². The number of fused-ring (bicyclic) bond motifs is 2. The molecule has 0 aliphatic carbocycles. The lowest BCUT2D eigenvalue weighted by Gasteiger charge is -2.39. The molecule has 24 heavy (non-hydrogen) atoms. The van der Waals surface area contributed by atoms with Crippen LogP contribution in [0.1, 0.15) is 68.3 Å². The van der Waals surface area contributed by atoms with E-state index in [1.807, 2.05) is 29.2 Å². The predicted octanol–water partition coefficient (Wildman–Crippen LogP) is 3.89. The number of ether oxygens (including phenoxy) is 1. The van der Waals surface area contributed by atoms with Crippen molar-refractivity contribution >= 4 is 11.9 Å². The monoisotopic (exact) mass is 329 g/mol. The maximum absolute atomic E-state index is 12.8. The average molecular weight is 329 g/mol. The van der Waals surface area contributed by atoms with Crippen LogP contribution in [-0.4, -0.2) is 29.9 Å². The molecule has 130 valence electrons. The van der Waals surface area contributed by atoms with Crippen LogP contribution in [0.2, 0.25) is 0 Å². The van der Waals surface area contributed by atoms with E-state index in [0.29, 0.717) is 31.5 Å². The molecule has 1 amide bonds. The van der Waals surface area contributed by atoms with E-state index in [4.69, 9.17) is 4.74 Å². The van der Waals surface area contributed by atoms with E-state index in [2.05, 4.69) is 13.8 Å². The smallest absolute Gasteiger partial charge is 0.339 e. The van der Waals surface area contributed by atoms with Crippen LogP contribution < -0.4 is 0 Å². The summed E-state index contributed by atoms with van der Waals surface area (Å²) < 4.78 is 5.77. The van der Waals surface area contributed by atoms with Gasteiger partial charge >= 0.3 is 5.97 Å². The van der Waals surface area contributed by atoms with E-state index < -0.39 is 5.60 Å². The highest BCUT2D eigenvalue weighted by Crippen LogP contribution is 2.44. The highest BCUT2D eigenvalue weighted by Gasteiger charge is 2.47. The lowest BCUT2D eigenvalue weighted by molar-refractivity contribution is -0.140. The number of hydrogen-bond donors (Lipinski definition) is 0. The van der Waals surface area contributed by atoms with E-state index in [9.17, 15) is 9.59 Å². The summed E-state index contributed by atoms with van der Waals surface area (Å²) in [6.45, 7) is 5.61. The van der Waals surface area contributed by atoms with Crippen molar-refractivity contribution < 1.29 is 14.3 Å². The third-order valence-electron chi connectivity index (χ3n) is 5.43. The molecule has 0 atom stereocenters. The molecule has 2 heterocycles. The third kappa shape index (κ3) is 2.94. The van der Waals surface area contributed by atoms with E-state index in [1.165, 1.54) is 0 Å². The first-order chi connectivity index (χ1) is 11.6. The van der Waals surface area contributed by atoms with Crippen LogP contribution in [-0.2, 0) is 15.1 Å². The van der Waals surface area contributed by atoms with Gasteiger partial charge in [0.1, 0.15) is 5.60 Å². The van der Waals surface area contributed by atoms with Gasteiger partial charge in [0.05, 0.1) is 5.56 Å². The molecular formula is C20H27NO3. The molecule has 1 spiro atoms. The summed E-state index contributed by atoms with van der Waals surface area (Å²) >= 11 is 0. The van der Waals surface area contributed by atoms with Crippen LogP contribution in [0.5, 0.6) is 0 Å². The van der Waals surface area contributed by atoms with Gasteiger partial charge in [0.15, 0.2) is 0 Å². The number of amides is 1. The molecule has 1 aromatic rings. The Morgan fingerprint density at radius 3 is 2.42 bits per heavy atom. The molecule has 0 unspecified atom stereocenters. The first-order valence-electron chi connectivity index (χ1n) is 9.23. The molecule has 4 nitrogen and oxygen atoms in total. The average Bonchev–Trinajstić information content (AvgIpc) is 2.87. The Labute approximate surface area is 144 Å². The number of carbonyl (C=O) groups excluding carboxylic acids is 2. The maximum atomic E-state index is 12.8. The van der Waals surface area contributed by atoms with Crippen molar-refractivity contribution in [3.63, 3.8) is 0 Å². The second-order valence-electron chi connectivity index (χ2n) is 7.03. The van der Waals surface area contributed by atoms with Gasteiger partial charge in [-0.3, -0.25) is 4.79 Å². The van der Waals surface area contributed by atoms with E-state index in [-0.39, 0.29) is 17.8 Å². The molecule has 1 fully saturated rings. The lowest BCUT2D eigenvalue weighted by atomic mass is 9.83. The van der Waals surface area contributed by atoms with Crippen molar-refractivity contribution in [2.75, 3.05) is 13.1 Å². The van der Waals surface area contributed by atoms with Crippen LogP contribution in [0.3, 0.4) is 0 Å². The van der Waals surface area contributed by atoms with Gasteiger partial charge in [-0.1, -0.05) is 44.9 Å². The maximum Gasteiger partial charge on any atom is 0.339 e. The Morgan fingerprint density at radius 1 is 1.17 bits per heavy atom. The zero-order chi connectivity index (χ0) is 17.2. The fraction of sp³-hybridized carbons (Fsp3) is 0.600. The van der Waals surface area contributed by atoms with Crippen molar-refractivity contribution in [1.29, 1.82) is 0 Å². The van der Waals surface area contributed by atoms with Crippen molar-refractivity contribution in [1.82, 2.24) is 4.90 Å². The number of esters is 1. The second kappa shape index (κ2) is 6.96. The van der Waals surface area contributed by atoms with Gasteiger partial charge in [0.25, 0.3) is 0 Å². The van der Waals surface area contributed by atoms with Gasteiger partial charge < -0.3 is 9.64 Å². The lowest BCUT2D eigenvalue weighted by Crippen LogP contribution is -2.47. The highest BCUT2D eigenvalue weighted by molar-refractivity contribution is 5.94. The molecule has 2 aliphatic heterocycles. The van der Waals surface area contributed by atoms with Crippen LogP contribution in [0.25, 0.3) is 0 Å². The largest absolute Gasteiger partial charge is 0.450 e. The number of rotatable bonds is 5. The normalized spacial score (nSPS) is 18.8. The first kappa shape index (κ1) is 17.0. The standard InChI is InChI=1S/C20H27NO3/c1-3-7-15(8-4-2)18(22)21-13-11-20(12-14-21)17-10-6-5-9-16(17)19(23)24-20/h5-6,9-10,15H,3-4,7-8,11-14H2,1-2H3. The highest BCUT2D eigenvalue weighted by atomic mass is 16.6. The van der Waals surface area contributed by atoms with E-state index in [0.717, 1.165) is 31.2 Å². The van der Waals surface area contributed by atoms with Crippen molar-refractivity contribution in [3.8, 4) is 0 Å². The summed E-state index contributed by atoms with van der Waals surface area (Å²) in [5.41, 5.74) is 1.17. The number of nitrogens with zero attached hydrogens (tertiary/aromatic N) is 1. The summed E-state index contributed by atoms with van der Waals surface area (Å²) in [4.78, 5) is 26.9. The molecule has 2 aliphatic rings. The van der Waals surface area contributed by atoms with Crippen LogP contribution in [0.4, 0.5) is 0 Å². The summed E-state index contributed by atoms with van der Waals surface area (Å²) in [5.74, 6) is 0.207. The van der Waals surface area contributed by atoms with Gasteiger partial charge in [-0.25, -0.2) is 4.79 Å². The minimum atomic E-state index is -0.518. The number of carbonyl (C=O) groups is 2. The Hall–Kier alpha value is -1.84. The van der Waals surface area contributed by atoms with E-state index >= 15 is 0 Å². The Kier molecular flexibility index (Phi) is 4.93. The fourth-order valence-electron chi connectivity index (χ4n) is 4.15. The molecule has 0 radical (unpaired) electrons. The number of benzene rings is 1. The van der Waals surface area contributed by atoms with Gasteiger partial charge in [0.2, 0.25) is 5.91 Å². The Morgan fingerprint density at radius 2 is 1.79 bits per heavy atom. The van der Waals surface area contributed by atoms with Crippen LogP contribution in [0, 0.1) is 5.92 Å². The van der Waals surface area contributed by atoms with Gasteiger partial charge in [-0.05, 0) is 18.9 Å². The van der Waals surface area contributed by atoms with Crippen LogP contribution in [0.15, 0.2) is 24.3 Å². The SMILES string of the molecule is CCCC(CCC)C(=O)N1CCC2(CC1)OC(=O)c1ccccc12. The van der Waals surface area contributed by atoms with Gasteiger partial charge in [-0.2, -0.15) is 0 Å². The summed E-state index contributed by atoms with van der Waals surface area (Å²) in [5, 5.41) is 0. The topological polar surface area (TPSA) is 46.6 Å². The summed E-state index contributed by atoms with van der Waals surface area (Å²) in [6, 6.07) is 7.66. The molecule has 0 N–H and O–H groups in total. The molecule has 1 aromatic carbocycles. The molecule has 0 bridgehead atoms. The predicted molar refractivity (Wildman–Crippen MR) is 92.7 cm³/mol. The van der Waals surface area contributed by atoms with Crippen molar-refractivity contribution in [2.24, 2.45) is 5.92 Å². The molecule has 3 rings (SSSR count). The summed E-state index contributed by atoms with van der Waals surface area (Å²) in [7, 11) is 0. The summed E-state index contributed by atoms with van der Waals surface area (Å²) in [6.07, 6.45) is 5.41. The minimum Gasteiger partial charge on any atom is -0.450 e. The number of likely N-dealkylation sites (tertiary alicyclic amines) is 1. The molecule has 4 heteroatoms. The van der Waals surface area contributed by atoms with Crippen LogP contribution >= 0.6 is 0 Å². The first-order valence-corrected chi connectivity index (χ1v) is 9.23. The zero-order valence-electron chi connectivity index (χ0n) is 14.7. The number of hydrogen-bond acceptors (Lipinski definition) is 3. The molecule has 1 saturated heterocycles. The quantitative estimate of drug-likeness (QED) is 0.770. The molecule has 0 saturated carbocycles. The Bertz CT molecular complexity index is 611. The van der Waals surface area contributed by atoms with Gasteiger partial charge in [0, 0.05) is 37.4 Å². The van der Waals surface area contributed by atoms with E-state index in [1.54, 1.807) is 0 Å². The third-order valence-corrected chi connectivity index (χ3v) is 5.43.